The van der Waals surface area contributed by atoms with Gasteiger partial charge in [-0.25, -0.2) is 9.59 Å². The standard InChI is InChI=1S/C20H31NO4/c1-14(2)17(21(6)19(23)25-20(3,4)5)12-11-15-9-8-10-16(13-15)18(22)24-7/h8-10,13-14,17H,11-12H2,1-7H3/t17-/m1/s1. The van der Waals surface area contributed by atoms with Crippen molar-refractivity contribution in [2.75, 3.05) is 14.2 Å². The highest BCUT2D eigenvalue weighted by molar-refractivity contribution is 5.89. The van der Waals surface area contributed by atoms with Gasteiger partial charge in [-0.1, -0.05) is 26.0 Å². The van der Waals surface area contributed by atoms with E-state index in [1.165, 1.54) is 7.11 Å². The molecule has 1 aromatic rings. The van der Waals surface area contributed by atoms with Crippen LogP contribution in [-0.4, -0.2) is 42.8 Å². The summed E-state index contributed by atoms with van der Waals surface area (Å²) in [5, 5.41) is 0. The lowest BCUT2D eigenvalue weighted by Crippen LogP contribution is -2.43. The predicted molar refractivity (Wildman–Crippen MR) is 98.7 cm³/mol. The monoisotopic (exact) mass is 349 g/mol. The molecule has 0 aliphatic rings. The van der Waals surface area contributed by atoms with Gasteiger partial charge in [-0.15, -0.1) is 0 Å². The number of methoxy groups -OCH3 is 1. The van der Waals surface area contributed by atoms with Crippen LogP contribution >= 0.6 is 0 Å². The molecule has 0 spiro atoms. The van der Waals surface area contributed by atoms with Crippen LogP contribution in [-0.2, 0) is 15.9 Å². The number of nitrogens with zero attached hydrogens (tertiary/aromatic N) is 1. The Morgan fingerprint density at radius 3 is 2.36 bits per heavy atom. The van der Waals surface area contributed by atoms with Crippen LogP contribution in [0.3, 0.4) is 0 Å². The zero-order valence-corrected chi connectivity index (χ0v) is 16.5. The summed E-state index contributed by atoms with van der Waals surface area (Å²) in [6.07, 6.45) is 1.24. The first kappa shape index (κ1) is 21.0. The average molecular weight is 349 g/mol. The highest BCUT2D eigenvalue weighted by Crippen LogP contribution is 2.20. The number of aryl methyl sites for hydroxylation is 1. The molecule has 1 rings (SSSR count). The van der Waals surface area contributed by atoms with Crippen molar-refractivity contribution in [3.05, 3.63) is 35.4 Å². The first-order valence-corrected chi connectivity index (χ1v) is 8.68. The number of amides is 1. The smallest absolute Gasteiger partial charge is 0.410 e. The summed E-state index contributed by atoms with van der Waals surface area (Å²) < 4.78 is 10.2. The molecule has 1 atom stereocenters. The van der Waals surface area contributed by atoms with Crippen LogP contribution in [0.2, 0.25) is 0 Å². The summed E-state index contributed by atoms with van der Waals surface area (Å²) in [5.41, 5.74) is 1.08. The van der Waals surface area contributed by atoms with Crippen molar-refractivity contribution >= 4 is 12.1 Å². The van der Waals surface area contributed by atoms with E-state index in [2.05, 4.69) is 13.8 Å². The van der Waals surface area contributed by atoms with Gasteiger partial charge in [0.1, 0.15) is 5.60 Å². The summed E-state index contributed by atoms with van der Waals surface area (Å²) in [6.45, 7) is 9.77. The molecule has 1 amide bonds. The summed E-state index contributed by atoms with van der Waals surface area (Å²) in [7, 11) is 3.16. The number of esters is 1. The molecule has 0 aromatic heterocycles. The Labute approximate surface area is 151 Å². The Hall–Kier alpha value is -2.04. The van der Waals surface area contributed by atoms with Crippen molar-refractivity contribution in [3.63, 3.8) is 0 Å². The minimum absolute atomic E-state index is 0.0524. The Morgan fingerprint density at radius 1 is 1.20 bits per heavy atom. The maximum atomic E-state index is 12.3. The van der Waals surface area contributed by atoms with Crippen LogP contribution < -0.4 is 0 Å². The second kappa shape index (κ2) is 8.88. The molecule has 0 saturated heterocycles. The van der Waals surface area contributed by atoms with E-state index in [0.717, 1.165) is 18.4 Å². The lowest BCUT2D eigenvalue weighted by Gasteiger charge is -2.33. The number of carbonyl (C=O) groups excluding carboxylic acids is 2. The van der Waals surface area contributed by atoms with Gasteiger partial charge in [-0.2, -0.15) is 0 Å². The van der Waals surface area contributed by atoms with Crippen LogP contribution in [0.4, 0.5) is 4.79 Å². The zero-order chi connectivity index (χ0) is 19.2. The number of hydrogen-bond donors (Lipinski definition) is 0. The van der Waals surface area contributed by atoms with E-state index in [4.69, 9.17) is 9.47 Å². The van der Waals surface area contributed by atoms with Crippen molar-refractivity contribution < 1.29 is 19.1 Å². The molecular formula is C20H31NO4. The molecule has 0 aliphatic carbocycles. The van der Waals surface area contributed by atoms with E-state index in [1.54, 1.807) is 18.0 Å². The highest BCUT2D eigenvalue weighted by atomic mass is 16.6. The molecule has 0 N–H and O–H groups in total. The molecule has 0 saturated carbocycles. The predicted octanol–water partition coefficient (Wildman–Crippen LogP) is 4.30. The van der Waals surface area contributed by atoms with E-state index in [1.807, 2.05) is 39.0 Å². The van der Waals surface area contributed by atoms with E-state index < -0.39 is 5.60 Å². The molecule has 0 fully saturated rings. The first-order valence-electron chi connectivity index (χ1n) is 8.68. The molecule has 0 unspecified atom stereocenters. The number of carbonyl (C=O) groups is 2. The van der Waals surface area contributed by atoms with Crippen molar-refractivity contribution in [1.82, 2.24) is 4.90 Å². The van der Waals surface area contributed by atoms with E-state index in [9.17, 15) is 9.59 Å². The third kappa shape index (κ3) is 6.77. The van der Waals surface area contributed by atoms with Gasteiger partial charge in [0.05, 0.1) is 12.7 Å². The maximum Gasteiger partial charge on any atom is 0.410 e. The molecule has 0 radical (unpaired) electrons. The summed E-state index contributed by atoms with van der Waals surface area (Å²) in [6, 6.07) is 7.47. The van der Waals surface area contributed by atoms with E-state index in [-0.39, 0.29) is 18.1 Å². The summed E-state index contributed by atoms with van der Waals surface area (Å²) in [4.78, 5) is 25.7. The van der Waals surface area contributed by atoms with Gasteiger partial charge < -0.3 is 14.4 Å². The summed E-state index contributed by atoms with van der Waals surface area (Å²) >= 11 is 0. The van der Waals surface area contributed by atoms with Crippen LogP contribution in [0.1, 0.15) is 57.0 Å². The first-order chi connectivity index (χ1) is 11.5. The van der Waals surface area contributed by atoms with Crippen molar-refractivity contribution in [2.24, 2.45) is 5.92 Å². The van der Waals surface area contributed by atoms with Gasteiger partial charge in [-0.05, 0) is 57.2 Å². The molecule has 0 aliphatic heterocycles. The second-order valence-corrected chi connectivity index (χ2v) is 7.63. The Bertz CT molecular complexity index is 590. The lowest BCUT2D eigenvalue weighted by atomic mass is 9.95. The minimum Gasteiger partial charge on any atom is -0.465 e. The third-order valence-electron chi connectivity index (χ3n) is 4.03. The molecule has 25 heavy (non-hydrogen) atoms. The van der Waals surface area contributed by atoms with E-state index in [0.29, 0.717) is 11.5 Å². The Balaban J connectivity index is 2.79. The molecule has 140 valence electrons. The number of benzene rings is 1. The van der Waals surface area contributed by atoms with Gasteiger partial charge in [-0.3, -0.25) is 0 Å². The van der Waals surface area contributed by atoms with Gasteiger partial charge in [0.15, 0.2) is 0 Å². The van der Waals surface area contributed by atoms with Crippen molar-refractivity contribution in [2.45, 2.75) is 59.1 Å². The molecule has 1 aromatic carbocycles. The molecule has 5 heteroatoms. The quantitative estimate of drug-likeness (QED) is 0.719. The fourth-order valence-electron chi connectivity index (χ4n) is 2.73. The molecule has 0 heterocycles. The van der Waals surface area contributed by atoms with Gasteiger partial charge in [0.25, 0.3) is 0 Å². The van der Waals surface area contributed by atoms with Crippen LogP contribution in [0.25, 0.3) is 0 Å². The SMILES string of the molecule is COC(=O)c1cccc(CC[C@H](C(C)C)N(C)C(=O)OC(C)(C)C)c1. The minimum atomic E-state index is -0.512. The average Bonchev–Trinajstić information content (AvgIpc) is 2.52. The van der Waals surface area contributed by atoms with Crippen LogP contribution in [0.5, 0.6) is 0 Å². The van der Waals surface area contributed by atoms with Crippen molar-refractivity contribution in [1.29, 1.82) is 0 Å². The van der Waals surface area contributed by atoms with Gasteiger partial charge >= 0.3 is 12.1 Å². The van der Waals surface area contributed by atoms with Crippen LogP contribution in [0.15, 0.2) is 24.3 Å². The van der Waals surface area contributed by atoms with Crippen molar-refractivity contribution in [3.8, 4) is 0 Å². The van der Waals surface area contributed by atoms with Crippen LogP contribution in [0, 0.1) is 5.92 Å². The Morgan fingerprint density at radius 2 is 1.84 bits per heavy atom. The number of rotatable bonds is 6. The maximum absolute atomic E-state index is 12.3. The van der Waals surface area contributed by atoms with Gasteiger partial charge in [0.2, 0.25) is 0 Å². The topological polar surface area (TPSA) is 55.8 Å². The fourth-order valence-corrected chi connectivity index (χ4v) is 2.73. The normalized spacial score (nSPS) is 12.6. The van der Waals surface area contributed by atoms with Gasteiger partial charge in [0, 0.05) is 13.1 Å². The number of ether oxygens (including phenoxy) is 2. The number of hydrogen-bond acceptors (Lipinski definition) is 4. The largest absolute Gasteiger partial charge is 0.465 e. The summed E-state index contributed by atoms with van der Waals surface area (Å²) in [5.74, 6) is -0.0468. The second-order valence-electron chi connectivity index (χ2n) is 7.63. The van der Waals surface area contributed by atoms with E-state index >= 15 is 0 Å². The lowest BCUT2D eigenvalue weighted by molar-refractivity contribution is 0.0170. The highest BCUT2D eigenvalue weighted by Gasteiger charge is 2.27. The molecule has 0 bridgehead atoms. The zero-order valence-electron chi connectivity index (χ0n) is 16.5. The molecular weight excluding hydrogens is 318 g/mol. The fraction of sp³-hybridized carbons (Fsp3) is 0.600. The molecule has 5 nitrogen and oxygen atoms in total. The third-order valence-corrected chi connectivity index (χ3v) is 4.03. The Kier molecular flexibility index (Phi) is 7.46.